The minimum atomic E-state index is -3.30. The van der Waals surface area contributed by atoms with E-state index in [-0.39, 0.29) is 29.9 Å². The molecule has 2 aromatic rings. The Balaban J connectivity index is 1.40. The van der Waals surface area contributed by atoms with Gasteiger partial charge in [0, 0.05) is 24.3 Å². The van der Waals surface area contributed by atoms with Crippen molar-refractivity contribution in [2.75, 3.05) is 27.2 Å². The van der Waals surface area contributed by atoms with E-state index >= 15 is 0 Å². The Morgan fingerprint density at radius 3 is 2.79 bits per heavy atom. The highest BCUT2D eigenvalue weighted by Gasteiger charge is 2.30. The van der Waals surface area contributed by atoms with Gasteiger partial charge in [-0.05, 0) is 49.1 Å². The largest absolute Gasteiger partial charge is 0.326 e. The second-order valence-electron chi connectivity index (χ2n) is 7.36. The first-order valence-electron chi connectivity index (χ1n) is 9.74. The van der Waals surface area contributed by atoms with Crippen LogP contribution in [0.5, 0.6) is 0 Å². The van der Waals surface area contributed by atoms with Gasteiger partial charge in [-0.2, -0.15) is 0 Å². The SMILES string of the molecule is O=C(CCC1C(=O)Nc2ccccc21)Nc1cccc(N2CCCCS2(=O)=O)c1. The van der Waals surface area contributed by atoms with E-state index in [1.807, 2.05) is 24.3 Å². The number of hydrogen-bond donors (Lipinski definition) is 2. The van der Waals surface area contributed by atoms with Gasteiger partial charge >= 0.3 is 0 Å². The number of carbonyl (C=O) groups is 2. The molecule has 1 fully saturated rings. The third-order valence-electron chi connectivity index (χ3n) is 5.34. The van der Waals surface area contributed by atoms with E-state index in [1.54, 1.807) is 24.3 Å². The number of para-hydroxylation sites is 1. The second-order valence-corrected chi connectivity index (χ2v) is 9.37. The molecule has 0 aromatic heterocycles. The summed E-state index contributed by atoms with van der Waals surface area (Å²) in [5.41, 5.74) is 2.83. The number of nitrogens with zero attached hydrogens (tertiary/aromatic N) is 1. The minimum Gasteiger partial charge on any atom is -0.326 e. The van der Waals surface area contributed by atoms with Crippen LogP contribution in [0.1, 0.15) is 37.2 Å². The Hall–Kier alpha value is -2.87. The lowest BCUT2D eigenvalue weighted by Crippen LogP contribution is -2.37. The Bertz CT molecular complexity index is 1050. The summed E-state index contributed by atoms with van der Waals surface area (Å²) in [5.74, 6) is -0.479. The van der Waals surface area contributed by atoms with Crippen molar-refractivity contribution in [3.63, 3.8) is 0 Å². The molecule has 1 unspecified atom stereocenters. The molecule has 1 atom stereocenters. The van der Waals surface area contributed by atoms with Gasteiger partial charge in [0.1, 0.15) is 0 Å². The molecule has 2 aliphatic rings. The Kier molecular flexibility index (Phi) is 5.27. The molecular weight excluding hydrogens is 390 g/mol. The third-order valence-corrected chi connectivity index (χ3v) is 7.21. The molecule has 1 saturated heterocycles. The third kappa shape index (κ3) is 4.12. The normalized spacial score (nSPS) is 20.1. The molecular formula is C21H23N3O4S. The number of nitrogens with one attached hydrogen (secondary N) is 2. The summed E-state index contributed by atoms with van der Waals surface area (Å²) >= 11 is 0. The molecule has 7 nitrogen and oxygen atoms in total. The van der Waals surface area contributed by atoms with Crippen LogP contribution < -0.4 is 14.9 Å². The van der Waals surface area contributed by atoms with Crippen LogP contribution in [0.2, 0.25) is 0 Å². The van der Waals surface area contributed by atoms with E-state index < -0.39 is 10.0 Å². The second kappa shape index (κ2) is 7.87. The van der Waals surface area contributed by atoms with Gasteiger partial charge in [0.15, 0.2) is 0 Å². The Morgan fingerprint density at radius 1 is 1.14 bits per heavy atom. The molecule has 8 heteroatoms. The molecule has 2 amide bonds. The topological polar surface area (TPSA) is 95.6 Å². The highest BCUT2D eigenvalue weighted by atomic mass is 32.2. The molecule has 29 heavy (non-hydrogen) atoms. The smallest absolute Gasteiger partial charge is 0.235 e. The molecule has 0 spiro atoms. The predicted octanol–water partition coefficient (Wildman–Crippen LogP) is 3.07. The van der Waals surface area contributed by atoms with E-state index in [2.05, 4.69) is 10.6 Å². The Labute approximate surface area is 170 Å². The van der Waals surface area contributed by atoms with Crippen molar-refractivity contribution in [2.45, 2.75) is 31.6 Å². The van der Waals surface area contributed by atoms with Crippen LogP contribution >= 0.6 is 0 Å². The Morgan fingerprint density at radius 2 is 1.97 bits per heavy atom. The summed E-state index contributed by atoms with van der Waals surface area (Å²) in [5, 5.41) is 5.66. The number of carbonyl (C=O) groups excluding carboxylic acids is 2. The zero-order valence-corrected chi connectivity index (χ0v) is 16.7. The number of fused-ring (bicyclic) bond motifs is 1. The summed E-state index contributed by atoms with van der Waals surface area (Å²) in [7, 11) is -3.30. The molecule has 0 bridgehead atoms. The maximum Gasteiger partial charge on any atom is 0.235 e. The molecule has 0 radical (unpaired) electrons. The van der Waals surface area contributed by atoms with E-state index in [9.17, 15) is 18.0 Å². The lowest BCUT2D eigenvalue weighted by Gasteiger charge is -2.28. The summed E-state index contributed by atoms with van der Waals surface area (Å²) in [6.07, 6.45) is 2.10. The van der Waals surface area contributed by atoms with Crippen molar-refractivity contribution >= 4 is 38.9 Å². The summed E-state index contributed by atoms with van der Waals surface area (Å²) in [6, 6.07) is 14.4. The van der Waals surface area contributed by atoms with Gasteiger partial charge in [0.05, 0.1) is 17.4 Å². The van der Waals surface area contributed by atoms with Crippen LogP contribution in [0.3, 0.4) is 0 Å². The molecule has 0 aliphatic carbocycles. The van der Waals surface area contributed by atoms with Gasteiger partial charge in [-0.1, -0.05) is 24.3 Å². The first-order chi connectivity index (χ1) is 13.9. The van der Waals surface area contributed by atoms with Crippen LogP contribution in [0.4, 0.5) is 17.1 Å². The molecule has 152 valence electrons. The minimum absolute atomic E-state index is 0.0868. The number of hydrogen-bond acceptors (Lipinski definition) is 4. The summed E-state index contributed by atoms with van der Waals surface area (Å²) in [6.45, 7) is 0.454. The van der Waals surface area contributed by atoms with E-state index in [4.69, 9.17) is 0 Å². The van der Waals surface area contributed by atoms with Gasteiger partial charge in [0.25, 0.3) is 0 Å². The summed E-state index contributed by atoms with van der Waals surface area (Å²) < 4.78 is 26.0. The average Bonchev–Trinajstić information content (AvgIpc) is 3.01. The molecule has 4 rings (SSSR count). The fourth-order valence-electron chi connectivity index (χ4n) is 3.88. The van der Waals surface area contributed by atoms with Crippen molar-refractivity contribution < 1.29 is 18.0 Å². The number of amides is 2. The molecule has 0 saturated carbocycles. The predicted molar refractivity (Wildman–Crippen MR) is 112 cm³/mol. The van der Waals surface area contributed by atoms with Crippen molar-refractivity contribution in [1.29, 1.82) is 0 Å². The molecule has 2 heterocycles. The quantitative estimate of drug-likeness (QED) is 0.787. The van der Waals surface area contributed by atoms with Gasteiger partial charge in [0.2, 0.25) is 21.8 Å². The van der Waals surface area contributed by atoms with Gasteiger partial charge in [-0.15, -0.1) is 0 Å². The monoisotopic (exact) mass is 413 g/mol. The summed E-state index contributed by atoms with van der Waals surface area (Å²) in [4.78, 5) is 24.6. The van der Waals surface area contributed by atoms with E-state index in [0.717, 1.165) is 17.7 Å². The van der Waals surface area contributed by atoms with Gasteiger partial charge in [-0.25, -0.2) is 8.42 Å². The zero-order chi connectivity index (χ0) is 20.4. The lowest BCUT2D eigenvalue weighted by atomic mass is 9.95. The first-order valence-corrected chi connectivity index (χ1v) is 11.3. The first kappa shape index (κ1) is 19.4. The van der Waals surface area contributed by atoms with Gasteiger partial charge in [-0.3, -0.25) is 13.9 Å². The average molecular weight is 413 g/mol. The number of sulfonamides is 1. The van der Waals surface area contributed by atoms with Crippen molar-refractivity contribution in [1.82, 2.24) is 0 Å². The van der Waals surface area contributed by atoms with Crippen molar-refractivity contribution in [3.8, 4) is 0 Å². The van der Waals surface area contributed by atoms with Crippen molar-refractivity contribution in [2.24, 2.45) is 0 Å². The van der Waals surface area contributed by atoms with Crippen LogP contribution in [-0.2, 0) is 19.6 Å². The fourth-order valence-corrected chi connectivity index (χ4v) is 5.51. The fraction of sp³-hybridized carbons (Fsp3) is 0.333. The maximum atomic E-state index is 12.4. The number of anilines is 3. The van der Waals surface area contributed by atoms with Crippen LogP contribution in [0, 0.1) is 0 Å². The van der Waals surface area contributed by atoms with Crippen molar-refractivity contribution in [3.05, 3.63) is 54.1 Å². The molecule has 2 N–H and O–H groups in total. The lowest BCUT2D eigenvalue weighted by molar-refractivity contribution is -0.118. The molecule has 2 aliphatic heterocycles. The maximum absolute atomic E-state index is 12.4. The van der Waals surface area contributed by atoms with E-state index in [1.165, 1.54) is 4.31 Å². The highest BCUT2D eigenvalue weighted by molar-refractivity contribution is 7.92. The highest BCUT2D eigenvalue weighted by Crippen LogP contribution is 2.35. The van der Waals surface area contributed by atoms with E-state index in [0.29, 0.717) is 30.8 Å². The number of rotatable bonds is 5. The van der Waals surface area contributed by atoms with Crippen LogP contribution in [0.15, 0.2) is 48.5 Å². The standard InChI is InChI=1S/C21H23N3O4S/c25-20(11-10-18-17-8-1-2-9-19(17)23-21(18)26)22-15-6-5-7-16(14-15)24-12-3-4-13-29(24,27)28/h1-2,5-9,14,18H,3-4,10-13H2,(H,22,25)(H,23,26). The van der Waals surface area contributed by atoms with Crippen LogP contribution in [0.25, 0.3) is 0 Å². The molecule has 2 aromatic carbocycles. The van der Waals surface area contributed by atoms with Gasteiger partial charge < -0.3 is 10.6 Å². The van der Waals surface area contributed by atoms with Crippen LogP contribution in [-0.4, -0.2) is 32.5 Å². The number of benzene rings is 2. The zero-order valence-electron chi connectivity index (χ0n) is 15.9.